The number of nitrogens with zero attached hydrogens (tertiary/aromatic N) is 3. The molecule has 0 aliphatic carbocycles. The molecule has 0 bridgehead atoms. The van der Waals surface area contributed by atoms with Crippen LogP contribution in [0.3, 0.4) is 0 Å². The van der Waals surface area contributed by atoms with Crippen LogP contribution in [0.15, 0.2) is 74.9 Å². The SMILES string of the molecule is COc1ccc(-c2ccc(=O)n(-c3c(C)noc3C)n2)cc1S(=O)(=O)NCC(C)c1ccccc1. The predicted molar refractivity (Wildman–Crippen MR) is 131 cm³/mol. The maximum Gasteiger partial charge on any atom is 0.271 e. The Kier molecular flexibility index (Phi) is 6.86. The van der Waals surface area contributed by atoms with E-state index < -0.39 is 10.0 Å². The molecule has 0 spiro atoms. The van der Waals surface area contributed by atoms with Gasteiger partial charge in [0.2, 0.25) is 10.0 Å². The van der Waals surface area contributed by atoms with Crippen molar-refractivity contribution in [1.29, 1.82) is 0 Å². The second-order valence-corrected chi connectivity index (χ2v) is 9.91. The van der Waals surface area contributed by atoms with Crippen LogP contribution >= 0.6 is 0 Å². The third-order valence-corrected chi connectivity index (χ3v) is 7.15. The molecule has 2 aromatic heterocycles. The van der Waals surface area contributed by atoms with Gasteiger partial charge in [-0.1, -0.05) is 42.4 Å². The zero-order valence-electron chi connectivity index (χ0n) is 19.8. The van der Waals surface area contributed by atoms with Crippen LogP contribution in [0.25, 0.3) is 16.9 Å². The standard InChI is InChI=1S/C25H26N4O5S/c1-16(19-8-6-5-7-9-19)15-26-35(31,32)23-14-20(10-12-22(23)33-4)21-11-13-24(30)29(27-21)25-17(2)28-34-18(25)3/h5-14,16,26H,15H2,1-4H3. The number of hydrogen-bond donors (Lipinski definition) is 1. The molecule has 4 rings (SSSR count). The molecule has 0 fully saturated rings. The quantitative estimate of drug-likeness (QED) is 0.398. The Bertz CT molecular complexity index is 1490. The largest absolute Gasteiger partial charge is 0.495 e. The molecule has 182 valence electrons. The van der Waals surface area contributed by atoms with E-state index in [-0.39, 0.29) is 28.7 Å². The minimum atomic E-state index is -3.91. The molecule has 2 heterocycles. The molecule has 0 radical (unpaired) electrons. The van der Waals surface area contributed by atoms with Gasteiger partial charge in [0, 0.05) is 18.2 Å². The highest BCUT2D eigenvalue weighted by Crippen LogP contribution is 2.29. The van der Waals surface area contributed by atoms with Crippen LogP contribution in [-0.4, -0.2) is 37.0 Å². The Morgan fingerprint density at radius 3 is 2.49 bits per heavy atom. The first-order valence-corrected chi connectivity index (χ1v) is 12.5. The summed E-state index contributed by atoms with van der Waals surface area (Å²) < 4.78 is 40.9. The molecule has 10 heteroatoms. The summed E-state index contributed by atoms with van der Waals surface area (Å²) in [6, 6.07) is 17.3. The molecule has 0 aliphatic rings. The van der Waals surface area contributed by atoms with Gasteiger partial charge in [-0.2, -0.15) is 9.78 Å². The highest BCUT2D eigenvalue weighted by atomic mass is 32.2. The number of methoxy groups -OCH3 is 1. The molecule has 0 saturated heterocycles. The van der Waals surface area contributed by atoms with Crippen LogP contribution in [0, 0.1) is 13.8 Å². The Labute approximate surface area is 203 Å². The highest BCUT2D eigenvalue weighted by Gasteiger charge is 2.22. The summed E-state index contributed by atoms with van der Waals surface area (Å²) in [5.41, 5.74) is 2.55. The molecule has 1 N–H and O–H groups in total. The van der Waals surface area contributed by atoms with Crippen molar-refractivity contribution in [2.45, 2.75) is 31.6 Å². The Morgan fingerprint density at radius 1 is 1.09 bits per heavy atom. The molecule has 35 heavy (non-hydrogen) atoms. The Hall–Kier alpha value is -3.76. The number of aromatic nitrogens is 3. The first-order valence-electron chi connectivity index (χ1n) is 11.0. The van der Waals surface area contributed by atoms with E-state index in [2.05, 4.69) is 15.0 Å². The first kappa shape index (κ1) is 24.4. The van der Waals surface area contributed by atoms with Crippen molar-refractivity contribution in [2.24, 2.45) is 0 Å². The lowest BCUT2D eigenvalue weighted by molar-refractivity contribution is 0.392. The van der Waals surface area contributed by atoms with Gasteiger partial charge in [0.05, 0.1) is 12.8 Å². The van der Waals surface area contributed by atoms with Crippen molar-refractivity contribution in [1.82, 2.24) is 19.7 Å². The van der Waals surface area contributed by atoms with Crippen LogP contribution in [0.5, 0.6) is 5.75 Å². The van der Waals surface area contributed by atoms with Crippen molar-refractivity contribution >= 4 is 10.0 Å². The molecule has 9 nitrogen and oxygen atoms in total. The van der Waals surface area contributed by atoms with Gasteiger partial charge < -0.3 is 9.26 Å². The van der Waals surface area contributed by atoms with Crippen molar-refractivity contribution in [2.75, 3.05) is 13.7 Å². The molecule has 0 saturated carbocycles. The second-order valence-electron chi connectivity index (χ2n) is 8.17. The lowest BCUT2D eigenvalue weighted by atomic mass is 10.0. The number of nitrogens with one attached hydrogen (secondary N) is 1. The van der Waals surface area contributed by atoms with E-state index in [9.17, 15) is 13.2 Å². The van der Waals surface area contributed by atoms with E-state index in [1.165, 1.54) is 23.9 Å². The average molecular weight is 495 g/mol. The summed E-state index contributed by atoms with van der Waals surface area (Å²) in [4.78, 5) is 12.5. The van der Waals surface area contributed by atoms with Gasteiger partial charge in [-0.05, 0) is 49.6 Å². The van der Waals surface area contributed by atoms with Gasteiger partial charge in [0.15, 0.2) is 5.76 Å². The number of rotatable bonds is 8. The summed E-state index contributed by atoms with van der Waals surface area (Å²) in [7, 11) is -2.49. The van der Waals surface area contributed by atoms with E-state index in [1.54, 1.807) is 32.0 Å². The third-order valence-electron chi connectivity index (χ3n) is 5.70. The summed E-state index contributed by atoms with van der Waals surface area (Å²) in [6.45, 7) is 5.57. The van der Waals surface area contributed by atoms with Gasteiger partial charge in [-0.3, -0.25) is 4.79 Å². The van der Waals surface area contributed by atoms with Crippen LogP contribution in [0.4, 0.5) is 0 Å². The average Bonchev–Trinajstić information content (AvgIpc) is 3.20. The summed E-state index contributed by atoms with van der Waals surface area (Å²) >= 11 is 0. The fourth-order valence-electron chi connectivity index (χ4n) is 3.76. The van der Waals surface area contributed by atoms with E-state index >= 15 is 0 Å². The Balaban J connectivity index is 1.69. The number of aryl methyl sites for hydroxylation is 2. The van der Waals surface area contributed by atoms with Gasteiger partial charge in [-0.15, -0.1) is 0 Å². The molecule has 4 aromatic rings. The minimum absolute atomic E-state index is 0.0188. The molecule has 0 amide bonds. The first-order chi connectivity index (χ1) is 16.7. The second kappa shape index (κ2) is 9.85. The molecule has 0 aliphatic heterocycles. The van der Waals surface area contributed by atoms with Gasteiger partial charge in [0.25, 0.3) is 5.56 Å². The van der Waals surface area contributed by atoms with Crippen molar-refractivity contribution < 1.29 is 17.7 Å². The lowest BCUT2D eigenvalue weighted by Gasteiger charge is -2.16. The van der Waals surface area contributed by atoms with Gasteiger partial charge in [-0.25, -0.2) is 13.1 Å². The number of benzene rings is 2. The number of ether oxygens (including phenoxy) is 1. The van der Waals surface area contributed by atoms with Crippen molar-refractivity contribution in [3.8, 4) is 22.7 Å². The van der Waals surface area contributed by atoms with Crippen LogP contribution in [0.1, 0.15) is 29.9 Å². The lowest BCUT2D eigenvalue weighted by Crippen LogP contribution is -2.28. The maximum absolute atomic E-state index is 13.2. The molecular weight excluding hydrogens is 468 g/mol. The molecular formula is C25H26N4O5S. The van der Waals surface area contributed by atoms with Gasteiger partial charge in [0.1, 0.15) is 22.0 Å². The number of sulfonamides is 1. The summed E-state index contributed by atoms with van der Waals surface area (Å²) in [6.07, 6.45) is 0. The smallest absolute Gasteiger partial charge is 0.271 e. The normalized spacial score (nSPS) is 12.5. The van der Waals surface area contributed by atoms with E-state index in [1.807, 2.05) is 37.3 Å². The van der Waals surface area contributed by atoms with Crippen LogP contribution in [0.2, 0.25) is 0 Å². The zero-order chi connectivity index (χ0) is 25.2. The topological polar surface area (TPSA) is 116 Å². The minimum Gasteiger partial charge on any atom is -0.495 e. The van der Waals surface area contributed by atoms with Crippen molar-refractivity contribution in [3.63, 3.8) is 0 Å². The highest BCUT2D eigenvalue weighted by molar-refractivity contribution is 7.89. The molecule has 1 unspecified atom stereocenters. The van der Waals surface area contributed by atoms with Gasteiger partial charge >= 0.3 is 0 Å². The fraction of sp³-hybridized carbons (Fsp3) is 0.240. The third kappa shape index (κ3) is 5.03. The maximum atomic E-state index is 13.2. The fourth-order valence-corrected chi connectivity index (χ4v) is 5.09. The zero-order valence-corrected chi connectivity index (χ0v) is 20.7. The monoisotopic (exact) mass is 494 g/mol. The van der Waals surface area contributed by atoms with E-state index in [0.717, 1.165) is 5.56 Å². The molecule has 2 aromatic carbocycles. The summed E-state index contributed by atoms with van der Waals surface area (Å²) in [5.74, 6) is 0.622. The predicted octanol–water partition coefficient (Wildman–Crippen LogP) is 3.59. The Morgan fingerprint density at radius 2 is 1.83 bits per heavy atom. The van der Waals surface area contributed by atoms with Crippen LogP contribution in [-0.2, 0) is 10.0 Å². The van der Waals surface area contributed by atoms with Crippen molar-refractivity contribution in [3.05, 3.63) is 88.0 Å². The van der Waals surface area contributed by atoms with E-state index in [4.69, 9.17) is 9.26 Å². The van der Waals surface area contributed by atoms with Crippen LogP contribution < -0.4 is 15.0 Å². The summed E-state index contributed by atoms with van der Waals surface area (Å²) in [5, 5.41) is 8.33. The number of hydrogen-bond acceptors (Lipinski definition) is 7. The molecule has 1 atom stereocenters. The van der Waals surface area contributed by atoms with E-state index in [0.29, 0.717) is 28.4 Å².